The molecule has 0 atom stereocenters. The maximum Gasteiger partial charge on any atom is 0.231 e. The van der Waals surface area contributed by atoms with Crippen LogP contribution < -0.4 is 16.4 Å². The van der Waals surface area contributed by atoms with Gasteiger partial charge >= 0.3 is 0 Å². The van der Waals surface area contributed by atoms with Crippen molar-refractivity contribution in [3.8, 4) is 0 Å². The van der Waals surface area contributed by atoms with E-state index in [2.05, 4.69) is 10.6 Å². The topological polar surface area (TPSA) is 84.2 Å². The summed E-state index contributed by atoms with van der Waals surface area (Å²) in [6.45, 7) is 1.60. The highest BCUT2D eigenvalue weighted by molar-refractivity contribution is 5.97. The summed E-state index contributed by atoms with van der Waals surface area (Å²) < 4.78 is 13.5. The summed E-state index contributed by atoms with van der Waals surface area (Å²) in [6.07, 6.45) is 2.54. The molecule has 0 aromatic heterocycles. The molecular weight excluding hydrogens is 261 g/mol. The molecule has 2 rings (SSSR count). The van der Waals surface area contributed by atoms with Gasteiger partial charge in [0.25, 0.3) is 0 Å². The first kappa shape index (κ1) is 14.5. The third-order valence-electron chi connectivity index (χ3n) is 3.72. The molecule has 0 unspecified atom stereocenters. The van der Waals surface area contributed by atoms with E-state index in [0.717, 1.165) is 19.3 Å². The quantitative estimate of drug-likeness (QED) is 0.786. The van der Waals surface area contributed by atoms with E-state index in [-0.39, 0.29) is 17.5 Å². The van der Waals surface area contributed by atoms with Gasteiger partial charge in [0, 0.05) is 19.2 Å². The number of carbonyl (C=O) groups is 2. The molecule has 1 fully saturated rings. The Morgan fingerprint density at radius 1 is 1.35 bits per heavy atom. The fourth-order valence-electron chi connectivity index (χ4n) is 2.28. The summed E-state index contributed by atoms with van der Waals surface area (Å²) in [5, 5.41) is 5.12. The summed E-state index contributed by atoms with van der Waals surface area (Å²) in [7, 11) is 0. The number of hydrogen-bond donors (Lipinski definition) is 3. The van der Waals surface area contributed by atoms with Gasteiger partial charge in [0.05, 0.1) is 11.1 Å². The van der Waals surface area contributed by atoms with Crippen LogP contribution in [-0.4, -0.2) is 18.4 Å². The van der Waals surface area contributed by atoms with Gasteiger partial charge in [0.2, 0.25) is 11.8 Å². The highest BCUT2D eigenvalue weighted by atomic mass is 19.1. The van der Waals surface area contributed by atoms with Gasteiger partial charge in [-0.25, -0.2) is 4.39 Å². The lowest BCUT2D eigenvalue weighted by Crippen LogP contribution is -2.47. The molecule has 1 aromatic rings. The van der Waals surface area contributed by atoms with Crippen LogP contribution in [0.2, 0.25) is 0 Å². The number of anilines is 2. The van der Waals surface area contributed by atoms with E-state index in [4.69, 9.17) is 5.73 Å². The summed E-state index contributed by atoms with van der Waals surface area (Å²) in [5.41, 5.74) is 5.66. The molecule has 0 bridgehead atoms. The Kier molecular flexibility index (Phi) is 4.04. The SMILES string of the molecule is CC(=O)Nc1cc(NC(=O)C2(CN)CCC2)ccc1F. The number of hydrogen-bond acceptors (Lipinski definition) is 3. The van der Waals surface area contributed by atoms with E-state index in [0.29, 0.717) is 12.2 Å². The Morgan fingerprint density at radius 2 is 2.05 bits per heavy atom. The molecule has 0 heterocycles. The van der Waals surface area contributed by atoms with Gasteiger partial charge in [-0.1, -0.05) is 6.42 Å². The molecule has 6 heteroatoms. The maximum atomic E-state index is 13.5. The highest BCUT2D eigenvalue weighted by Crippen LogP contribution is 2.40. The predicted octanol–water partition coefficient (Wildman–Crippen LogP) is 1.85. The minimum Gasteiger partial charge on any atom is -0.329 e. The molecule has 108 valence electrons. The van der Waals surface area contributed by atoms with Crippen molar-refractivity contribution in [3.05, 3.63) is 24.0 Å². The number of amides is 2. The first-order valence-corrected chi connectivity index (χ1v) is 6.55. The standard InChI is InChI=1S/C14H18FN3O2/c1-9(19)17-12-7-10(3-4-11(12)15)18-13(20)14(8-16)5-2-6-14/h3-4,7H,2,5-6,8,16H2,1H3,(H,17,19)(H,18,20). The van der Waals surface area contributed by atoms with E-state index in [1.807, 2.05) is 0 Å². The van der Waals surface area contributed by atoms with Gasteiger partial charge in [-0.05, 0) is 31.0 Å². The molecule has 2 amide bonds. The lowest BCUT2D eigenvalue weighted by atomic mass is 9.68. The number of nitrogens with two attached hydrogens (primary N) is 1. The molecule has 1 aliphatic carbocycles. The van der Waals surface area contributed by atoms with Crippen molar-refractivity contribution in [1.29, 1.82) is 0 Å². The molecule has 1 aromatic carbocycles. The largest absolute Gasteiger partial charge is 0.329 e. The van der Waals surface area contributed by atoms with Crippen LogP contribution in [0.5, 0.6) is 0 Å². The van der Waals surface area contributed by atoms with Crippen LogP contribution >= 0.6 is 0 Å². The van der Waals surface area contributed by atoms with Crippen molar-refractivity contribution in [1.82, 2.24) is 0 Å². The first-order valence-electron chi connectivity index (χ1n) is 6.55. The van der Waals surface area contributed by atoms with E-state index in [1.54, 1.807) is 0 Å². The molecule has 0 radical (unpaired) electrons. The van der Waals surface area contributed by atoms with Crippen LogP contribution in [0.3, 0.4) is 0 Å². The van der Waals surface area contributed by atoms with Crippen molar-refractivity contribution in [3.63, 3.8) is 0 Å². The van der Waals surface area contributed by atoms with E-state index in [1.165, 1.54) is 25.1 Å². The molecule has 0 spiro atoms. The van der Waals surface area contributed by atoms with Crippen molar-refractivity contribution in [2.45, 2.75) is 26.2 Å². The Morgan fingerprint density at radius 3 is 2.55 bits per heavy atom. The average molecular weight is 279 g/mol. The minimum absolute atomic E-state index is 0.0470. The molecule has 0 saturated heterocycles. The fraction of sp³-hybridized carbons (Fsp3) is 0.429. The molecule has 4 N–H and O–H groups in total. The number of benzene rings is 1. The summed E-state index contributed by atoms with van der Waals surface area (Å²) in [6, 6.07) is 4.07. The second kappa shape index (κ2) is 5.58. The first-order chi connectivity index (χ1) is 9.47. The van der Waals surface area contributed by atoms with Crippen molar-refractivity contribution >= 4 is 23.2 Å². The Hall–Kier alpha value is -1.95. The number of nitrogens with one attached hydrogen (secondary N) is 2. The Bertz CT molecular complexity index is 536. The smallest absolute Gasteiger partial charge is 0.231 e. The van der Waals surface area contributed by atoms with Crippen LogP contribution in [0.1, 0.15) is 26.2 Å². The van der Waals surface area contributed by atoms with Crippen LogP contribution in [0.15, 0.2) is 18.2 Å². The molecule has 1 aliphatic rings. The van der Waals surface area contributed by atoms with Gasteiger partial charge in [0.15, 0.2) is 0 Å². The summed E-state index contributed by atoms with van der Waals surface area (Å²) in [4.78, 5) is 23.2. The molecule has 0 aliphatic heterocycles. The molecule has 1 saturated carbocycles. The second-order valence-corrected chi connectivity index (χ2v) is 5.17. The monoisotopic (exact) mass is 279 g/mol. The maximum absolute atomic E-state index is 13.5. The lowest BCUT2D eigenvalue weighted by molar-refractivity contribution is -0.129. The zero-order chi connectivity index (χ0) is 14.8. The van der Waals surface area contributed by atoms with E-state index in [9.17, 15) is 14.0 Å². The molecule has 20 heavy (non-hydrogen) atoms. The zero-order valence-corrected chi connectivity index (χ0v) is 11.3. The van der Waals surface area contributed by atoms with Crippen LogP contribution in [-0.2, 0) is 9.59 Å². The third kappa shape index (κ3) is 2.80. The number of halogens is 1. The van der Waals surface area contributed by atoms with Gasteiger partial charge < -0.3 is 16.4 Å². The zero-order valence-electron chi connectivity index (χ0n) is 11.3. The minimum atomic E-state index is -0.546. The summed E-state index contributed by atoms with van der Waals surface area (Å²) >= 11 is 0. The second-order valence-electron chi connectivity index (χ2n) is 5.17. The normalized spacial score (nSPS) is 16.1. The Labute approximate surface area is 116 Å². The molecular formula is C14H18FN3O2. The third-order valence-corrected chi connectivity index (χ3v) is 3.72. The average Bonchev–Trinajstić information content (AvgIpc) is 2.32. The highest BCUT2D eigenvalue weighted by Gasteiger charge is 2.42. The van der Waals surface area contributed by atoms with Gasteiger partial charge in [-0.3, -0.25) is 9.59 Å². The molecule has 5 nitrogen and oxygen atoms in total. The summed E-state index contributed by atoms with van der Waals surface area (Å²) in [5.74, 6) is -1.06. The number of carbonyl (C=O) groups excluding carboxylic acids is 2. The Balaban J connectivity index is 2.13. The van der Waals surface area contributed by atoms with Gasteiger partial charge in [-0.2, -0.15) is 0 Å². The fourth-order valence-corrected chi connectivity index (χ4v) is 2.28. The number of rotatable bonds is 4. The van der Waals surface area contributed by atoms with Crippen molar-refractivity contribution in [2.24, 2.45) is 11.1 Å². The van der Waals surface area contributed by atoms with Crippen molar-refractivity contribution < 1.29 is 14.0 Å². The van der Waals surface area contributed by atoms with Gasteiger partial charge in [0.1, 0.15) is 5.82 Å². The van der Waals surface area contributed by atoms with Crippen LogP contribution in [0.4, 0.5) is 15.8 Å². The van der Waals surface area contributed by atoms with Crippen LogP contribution in [0.25, 0.3) is 0 Å². The lowest BCUT2D eigenvalue weighted by Gasteiger charge is -2.39. The predicted molar refractivity (Wildman–Crippen MR) is 74.7 cm³/mol. The van der Waals surface area contributed by atoms with Crippen molar-refractivity contribution in [2.75, 3.05) is 17.2 Å². The van der Waals surface area contributed by atoms with Crippen LogP contribution in [0, 0.1) is 11.2 Å². The van der Waals surface area contributed by atoms with Gasteiger partial charge in [-0.15, -0.1) is 0 Å². The van der Waals surface area contributed by atoms with E-state index < -0.39 is 11.2 Å². The van der Waals surface area contributed by atoms with E-state index >= 15 is 0 Å².